The van der Waals surface area contributed by atoms with Crippen LogP contribution < -0.4 is 10.6 Å². The SMILES string of the molecule is CCCCCCCCC(NC)c1cccc(C(CCCCCCCC)NC)c1. The molecule has 1 rings (SSSR count). The van der Waals surface area contributed by atoms with Gasteiger partial charge in [0.25, 0.3) is 0 Å². The molecule has 0 heterocycles. The molecule has 0 amide bonds. The summed E-state index contributed by atoms with van der Waals surface area (Å²) in [6.45, 7) is 4.57. The fourth-order valence-corrected chi connectivity index (χ4v) is 4.21. The van der Waals surface area contributed by atoms with Crippen molar-refractivity contribution in [2.24, 2.45) is 0 Å². The fourth-order valence-electron chi connectivity index (χ4n) is 4.21. The largest absolute Gasteiger partial charge is 0.313 e. The molecule has 1 aromatic rings. The van der Waals surface area contributed by atoms with E-state index in [4.69, 9.17) is 0 Å². The highest BCUT2D eigenvalue weighted by atomic mass is 14.9. The molecular formula is C26H48N2. The summed E-state index contributed by atoms with van der Waals surface area (Å²) in [4.78, 5) is 0. The molecule has 162 valence electrons. The van der Waals surface area contributed by atoms with Crippen molar-refractivity contribution in [1.82, 2.24) is 10.6 Å². The zero-order chi connectivity index (χ0) is 20.5. The average molecular weight is 389 g/mol. The summed E-state index contributed by atoms with van der Waals surface area (Å²) < 4.78 is 0. The van der Waals surface area contributed by atoms with E-state index >= 15 is 0 Å². The Hall–Kier alpha value is -0.860. The van der Waals surface area contributed by atoms with Gasteiger partial charge >= 0.3 is 0 Å². The number of hydrogen-bond donors (Lipinski definition) is 2. The summed E-state index contributed by atoms with van der Waals surface area (Å²) in [6.07, 6.45) is 18.9. The van der Waals surface area contributed by atoms with Gasteiger partial charge in [-0.25, -0.2) is 0 Å². The van der Waals surface area contributed by atoms with Crippen LogP contribution in [-0.2, 0) is 0 Å². The van der Waals surface area contributed by atoms with Gasteiger partial charge in [-0.15, -0.1) is 0 Å². The summed E-state index contributed by atoms with van der Waals surface area (Å²) in [5, 5.41) is 7.11. The Kier molecular flexibility index (Phi) is 15.3. The van der Waals surface area contributed by atoms with E-state index in [0.29, 0.717) is 12.1 Å². The Morgan fingerprint density at radius 3 is 1.39 bits per heavy atom. The highest BCUT2D eigenvalue weighted by Crippen LogP contribution is 2.26. The summed E-state index contributed by atoms with van der Waals surface area (Å²) >= 11 is 0. The first-order chi connectivity index (χ1) is 13.8. The highest BCUT2D eigenvalue weighted by molar-refractivity contribution is 5.28. The highest BCUT2D eigenvalue weighted by Gasteiger charge is 2.13. The van der Waals surface area contributed by atoms with E-state index in [9.17, 15) is 0 Å². The maximum absolute atomic E-state index is 3.56. The molecule has 2 atom stereocenters. The van der Waals surface area contributed by atoms with Gasteiger partial charge in [0.05, 0.1) is 0 Å². The quantitative estimate of drug-likeness (QED) is 0.252. The van der Waals surface area contributed by atoms with Crippen LogP contribution >= 0.6 is 0 Å². The van der Waals surface area contributed by atoms with E-state index in [1.165, 1.54) is 101 Å². The van der Waals surface area contributed by atoms with E-state index in [-0.39, 0.29) is 0 Å². The normalized spacial score (nSPS) is 13.6. The summed E-state index contributed by atoms with van der Waals surface area (Å²) in [7, 11) is 4.22. The second kappa shape index (κ2) is 17.0. The Balaban J connectivity index is 2.49. The third kappa shape index (κ3) is 10.6. The van der Waals surface area contributed by atoms with Crippen molar-refractivity contribution in [3.8, 4) is 0 Å². The monoisotopic (exact) mass is 388 g/mol. The molecule has 2 unspecified atom stereocenters. The summed E-state index contributed by atoms with van der Waals surface area (Å²) in [5.74, 6) is 0. The van der Waals surface area contributed by atoms with E-state index in [2.05, 4.69) is 62.8 Å². The van der Waals surface area contributed by atoms with Crippen LogP contribution in [0, 0.1) is 0 Å². The first-order valence-electron chi connectivity index (χ1n) is 12.2. The van der Waals surface area contributed by atoms with Crippen molar-refractivity contribution >= 4 is 0 Å². The second-order valence-electron chi connectivity index (χ2n) is 8.47. The minimum atomic E-state index is 0.484. The van der Waals surface area contributed by atoms with Gasteiger partial charge < -0.3 is 10.6 Å². The smallest absolute Gasteiger partial charge is 0.0317 e. The molecule has 0 aliphatic rings. The van der Waals surface area contributed by atoms with Crippen molar-refractivity contribution in [3.63, 3.8) is 0 Å². The predicted octanol–water partition coefficient (Wildman–Crippen LogP) is 7.71. The summed E-state index contributed by atoms with van der Waals surface area (Å²) in [5.41, 5.74) is 2.91. The number of hydrogen-bond acceptors (Lipinski definition) is 2. The fraction of sp³-hybridized carbons (Fsp3) is 0.769. The molecule has 2 N–H and O–H groups in total. The first-order valence-corrected chi connectivity index (χ1v) is 12.2. The standard InChI is InChI=1S/C26H48N2/c1-5-7-9-11-13-15-20-25(27-3)23-18-17-19-24(22-23)26(28-4)21-16-14-12-10-8-6-2/h17-19,22,25-28H,5-16,20-21H2,1-4H3. The molecule has 0 spiro atoms. The van der Waals surface area contributed by atoms with Gasteiger partial charge in [-0.1, -0.05) is 115 Å². The van der Waals surface area contributed by atoms with Crippen LogP contribution in [0.3, 0.4) is 0 Å². The minimum Gasteiger partial charge on any atom is -0.313 e. The molecule has 0 bridgehead atoms. The van der Waals surface area contributed by atoms with Gasteiger partial charge in [0.1, 0.15) is 0 Å². The topological polar surface area (TPSA) is 24.1 Å². The maximum Gasteiger partial charge on any atom is 0.0317 e. The second-order valence-corrected chi connectivity index (χ2v) is 8.47. The number of rotatable bonds is 18. The third-order valence-corrected chi connectivity index (χ3v) is 6.11. The molecule has 0 aliphatic heterocycles. The molecule has 0 saturated carbocycles. The van der Waals surface area contributed by atoms with Crippen molar-refractivity contribution in [3.05, 3.63) is 35.4 Å². The van der Waals surface area contributed by atoms with E-state index in [1.807, 2.05) is 0 Å². The van der Waals surface area contributed by atoms with Crippen molar-refractivity contribution in [2.45, 2.75) is 116 Å². The predicted molar refractivity (Wildman–Crippen MR) is 126 cm³/mol. The lowest BCUT2D eigenvalue weighted by molar-refractivity contribution is 0.488. The molecule has 0 aromatic heterocycles. The zero-order valence-corrected chi connectivity index (χ0v) is 19.4. The number of benzene rings is 1. The lowest BCUT2D eigenvalue weighted by atomic mass is 9.94. The van der Waals surface area contributed by atoms with Crippen LogP contribution in [0.5, 0.6) is 0 Å². The minimum absolute atomic E-state index is 0.484. The van der Waals surface area contributed by atoms with E-state index in [0.717, 1.165) is 0 Å². The molecule has 1 aromatic carbocycles. The molecule has 28 heavy (non-hydrogen) atoms. The molecular weight excluding hydrogens is 340 g/mol. The van der Waals surface area contributed by atoms with Crippen LogP contribution in [0.4, 0.5) is 0 Å². The van der Waals surface area contributed by atoms with Gasteiger partial charge in [-0.2, -0.15) is 0 Å². The first kappa shape index (κ1) is 25.2. The zero-order valence-electron chi connectivity index (χ0n) is 19.4. The Morgan fingerprint density at radius 1 is 0.607 bits per heavy atom. The Labute approximate surface area is 176 Å². The summed E-state index contributed by atoms with van der Waals surface area (Å²) in [6, 6.07) is 10.3. The van der Waals surface area contributed by atoms with Crippen LogP contribution in [0.25, 0.3) is 0 Å². The van der Waals surface area contributed by atoms with Crippen molar-refractivity contribution in [2.75, 3.05) is 14.1 Å². The van der Waals surface area contributed by atoms with Gasteiger partial charge in [-0.3, -0.25) is 0 Å². The van der Waals surface area contributed by atoms with E-state index in [1.54, 1.807) is 0 Å². The average Bonchev–Trinajstić information content (AvgIpc) is 2.73. The number of nitrogens with one attached hydrogen (secondary N) is 2. The van der Waals surface area contributed by atoms with Crippen LogP contribution in [0.2, 0.25) is 0 Å². The molecule has 0 radical (unpaired) electrons. The van der Waals surface area contributed by atoms with Crippen LogP contribution in [-0.4, -0.2) is 14.1 Å². The molecule has 0 aliphatic carbocycles. The Morgan fingerprint density at radius 2 is 1.00 bits per heavy atom. The van der Waals surface area contributed by atoms with Crippen molar-refractivity contribution in [1.29, 1.82) is 0 Å². The molecule has 2 heteroatoms. The van der Waals surface area contributed by atoms with Gasteiger partial charge in [0, 0.05) is 12.1 Å². The Bertz CT molecular complexity index is 432. The maximum atomic E-state index is 3.56. The van der Waals surface area contributed by atoms with Gasteiger partial charge in [0.2, 0.25) is 0 Å². The van der Waals surface area contributed by atoms with Gasteiger partial charge in [0.15, 0.2) is 0 Å². The van der Waals surface area contributed by atoms with Crippen LogP contribution in [0.1, 0.15) is 127 Å². The lowest BCUT2D eigenvalue weighted by Gasteiger charge is -2.21. The third-order valence-electron chi connectivity index (χ3n) is 6.11. The molecule has 2 nitrogen and oxygen atoms in total. The van der Waals surface area contributed by atoms with Crippen molar-refractivity contribution < 1.29 is 0 Å². The molecule has 0 saturated heterocycles. The van der Waals surface area contributed by atoms with E-state index < -0.39 is 0 Å². The molecule has 0 fully saturated rings. The lowest BCUT2D eigenvalue weighted by Crippen LogP contribution is -2.19. The van der Waals surface area contributed by atoms with Gasteiger partial charge in [-0.05, 0) is 38.1 Å². The number of unbranched alkanes of at least 4 members (excludes halogenated alkanes) is 10. The van der Waals surface area contributed by atoms with Crippen LogP contribution in [0.15, 0.2) is 24.3 Å².